The van der Waals surface area contributed by atoms with Gasteiger partial charge in [-0.25, -0.2) is 4.79 Å². The number of hydrogen-bond donors (Lipinski definition) is 1. The molecular formula is C16H26N4O2. The smallest absolute Gasteiger partial charge is 0.318 e. The maximum absolute atomic E-state index is 12.7. The number of ether oxygens (including phenoxy) is 1. The van der Waals surface area contributed by atoms with E-state index in [1.165, 1.54) is 12.8 Å². The third kappa shape index (κ3) is 3.27. The summed E-state index contributed by atoms with van der Waals surface area (Å²) in [7, 11) is 0. The quantitative estimate of drug-likeness (QED) is 0.931. The first kappa shape index (κ1) is 15.3. The molecule has 3 atom stereocenters. The summed E-state index contributed by atoms with van der Waals surface area (Å²) in [5.41, 5.74) is 0. The van der Waals surface area contributed by atoms with Crippen molar-refractivity contribution < 1.29 is 9.53 Å². The van der Waals surface area contributed by atoms with E-state index in [-0.39, 0.29) is 24.2 Å². The second kappa shape index (κ2) is 7.13. The van der Waals surface area contributed by atoms with Crippen LogP contribution in [0.15, 0.2) is 18.5 Å². The molecule has 1 saturated carbocycles. The van der Waals surface area contributed by atoms with Crippen LogP contribution < -0.4 is 5.32 Å². The van der Waals surface area contributed by atoms with Crippen LogP contribution in [0.3, 0.4) is 0 Å². The fourth-order valence-electron chi connectivity index (χ4n) is 3.58. The Morgan fingerprint density at radius 1 is 1.41 bits per heavy atom. The van der Waals surface area contributed by atoms with Crippen LogP contribution in [0.2, 0.25) is 0 Å². The highest BCUT2D eigenvalue weighted by atomic mass is 16.5. The summed E-state index contributed by atoms with van der Waals surface area (Å²) in [6, 6.07) is 2.64. The molecule has 0 aromatic carbocycles. The zero-order chi connectivity index (χ0) is 15.4. The van der Waals surface area contributed by atoms with Crippen LogP contribution in [-0.4, -0.2) is 52.6 Å². The standard InChI is InChI=1S/C16H26N4O2/c1-2-13-12-22-11-10-19(13)16(21)18-14-6-3-4-7-15(14)20-9-5-8-17-20/h5,8-9,13-15H,2-4,6-7,10-12H2,1H3,(H,18,21)/t13-,14-,15+/m1/s1. The number of carbonyl (C=O) groups excluding carboxylic acids is 1. The number of rotatable bonds is 3. The van der Waals surface area contributed by atoms with E-state index in [1.54, 1.807) is 0 Å². The molecule has 1 saturated heterocycles. The number of nitrogens with one attached hydrogen (secondary N) is 1. The highest BCUT2D eigenvalue weighted by Gasteiger charge is 2.32. The van der Waals surface area contributed by atoms with Crippen molar-refractivity contribution >= 4 is 6.03 Å². The van der Waals surface area contributed by atoms with Gasteiger partial charge in [0.25, 0.3) is 0 Å². The molecule has 6 nitrogen and oxygen atoms in total. The molecule has 2 fully saturated rings. The lowest BCUT2D eigenvalue weighted by atomic mass is 9.90. The van der Waals surface area contributed by atoms with Crippen molar-refractivity contribution in [3.63, 3.8) is 0 Å². The van der Waals surface area contributed by atoms with E-state index in [4.69, 9.17) is 4.74 Å². The summed E-state index contributed by atoms with van der Waals surface area (Å²) in [4.78, 5) is 14.6. The molecule has 6 heteroatoms. The zero-order valence-electron chi connectivity index (χ0n) is 13.3. The van der Waals surface area contributed by atoms with Crippen molar-refractivity contribution in [3.8, 4) is 0 Å². The van der Waals surface area contributed by atoms with E-state index in [0.29, 0.717) is 19.8 Å². The Labute approximate surface area is 131 Å². The minimum absolute atomic E-state index is 0.0548. The number of morpholine rings is 1. The Morgan fingerprint density at radius 2 is 2.27 bits per heavy atom. The molecule has 3 rings (SSSR count). The van der Waals surface area contributed by atoms with Crippen LogP contribution in [0.5, 0.6) is 0 Å². The van der Waals surface area contributed by atoms with Gasteiger partial charge in [0.15, 0.2) is 0 Å². The summed E-state index contributed by atoms with van der Waals surface area (Å²) < 4.78 is 7.49. The molecule has 0 unspecified atom stereocenters. The number of aromatic nitrogens is 2. The topological polar surface area (TPSA) is 59.4 Å². The highest BCUT2D eigenvalue weighted by molar-refractivity contribution is 5.75. The summed E-state index contributed by atoms with van der Waals surface area (Å²) >= 11 is 0. The summed E-state index contributed by atoms with van der Waals surface area (Å²) in [6.45, 7) is 4.07. The van der Waals surface area contributed by atoms with Gasteiger partial charge in [-0.2, -0.15) is 5.10 Å². The number of amides is 2. The lowest BCUT2D eigenvalue weighted by Crippen LogP contribution is -2.55. The molecule has 0 radical (unpaired) electrons. The van der Waals surface area contributed by atoms with Gasteiger partial charge >= 0.3 is 6.03 Å². The Hall–Kier alpha value is -1.56. The average Bonchev–Trinajstić information content (AvgIpc) is 3.09. The number of nitrogens with zero attached hydrogens (tertiary/aromatic N) is 3. The predicted molar refractivity (Wildman–Crippen MR) is 83.7 cm³/mol. The monoisotopic (exact) mass is 306 g/mol. The van der Waals surface area contributed by atoms with E-state index in [1.807, 2.05) is 28.0 Å². The second-order valence-electron chi connectivity index (χ2n) is 6.22. The van der Waals surface area contributed by atoms with Crippen molar-refractivity contribution in [3.05, 3.63) is 18.5 Å². The van der Waals surface area contributed by atoms with E-state index in [2.05, 4.69) is 17.3 Å². The number of urea groups is 1. The third-order valence-electron chi connectivity index (χ3n) is 4.86. The first-order chi connectivity index (χ1) is 10.8. The van der Waals surface area contributed by atoms with Crippen molar-refractivity contribution in [1.82, 2.24) is 20.0 Å². The van der Waals surface area contributed by atoms with Crippen LogP contribution in [-0.2, 0) is 4.74 Å². The molecule has 0 spiro atoms. The lowest BCUT2D eigenvalue weighted by Gasteiger charge is -2.38. The molecule has 1 aromatic rings. The molecule has 1 N–H and O–H groups in total. The van der Waals surface area contributed by atoms with Gasteiger partial charge in [-0.15, -0.1) is 0 Å². The molecule has 2 amide bonds. The Morgan fingerprint density at radius 3 is 3.05 bits per heavy atom. The minimum atomic E-state index is 0.0548. The Bertz CT molecular complexity index is 477. The maximum Gasteiger partial charge on any atom is 0.318 e. The largest absolute Gasteiger partial charge is 0.377 e. The average molecular weight is 306 g/mol. The normalized spacial score (nSPS) is 29.3. The number of hydrogen-bond acceptors (Lipinski definition) is 3. The molecule has 22 heavy (non-hydrogen) atoms. The van der Waals surface area contributed by atoms with Crippen molar-refractivity contribution in [1.29, 1.82) is 0 Å². The van der Waals surface area contributed by atoms with E-state index >= 15 is 0 Å². The molecule has 2 heterocycles. The fraction of sp³-hybridized carbons (Fsp3) is 0.750. The van der Waals surface area contributed by atoms with Gasteiger partial charge in [-0.1, -0.05) is 19.8 Å². The van der Waals surface area contributed by atoms with Gasteiger partial charge in [0, 0.05) is 18.9 Å². The summed E-state index contributed by atoms with van der Waals surface area (Å²) in [6.07, 6.45) is 9.21. The second-order valence-corrected chi connectivity index (χ2v) is 6.22. The van der Waals surface area contributed by atoms with E-state index in [0.717, 1.165) is 19.3 Å². The van der Waals surface area contributed by atoms with Crippen LogP contribution >= 0.6 is 0 Å². The summed E-state index contributed by atoms with van der Waals surface area (Å²) in [5.74, 6) is 0. The molecule has 1 aliphatic heterocycles. The lowest BCUT2D eigenvalue weighted by molar-refractivity contribution is 0.00989. The van der Waals surface area contributed by atoms with Gasteiger partial charge in [-0.3, -0.25) is 4.68 Å². The van der Waals surface area contributed by atoms with Crippen LogP contribution in [0.25, 0.3) is 0 Å². The first-order valence-electron chi connectivity index (χ1n) is 8.43. The van der Waals surface area contributed by atoms with Gasteiger partial charge in [0.05, 0.1) is 31.3 Å². The van der Waals surface area contributed by atoms with Gasteiger partial charge < -0.3 is 15.0 Å². The van der Waals surface area contributed by atoms with Gasteiger partial charge in [0.1, 0.15) is 0 Å². The number of carbonyl (C=O) groups is 1. The molecule has 2 aliphatic rings. The van der Waals surface area contributed by atoms with Crippen LogP contribution in [0.1, 0.15) is 45.1 Å². The Balaban J connectivity index is 1.66. The van der Waals surface area contributed by atoms with Crippen molar-refractivity contribution in [2.75, 3.05) is 19.8 Å². The highest BCUT2D eigenvalue weighted by Crippen LogP contribution is 2.28. The molecule has 122 valence electrons. The van der Waals surface area contributed by atoms with E-state index < -0.39 is 0 Å². The van der Waals surface area contributed by atoms with Crippen LogP contribution in [0, 0.1) is 0 Å². The van der Waals surface area contributed by atoms with Gasteiger partial charge in [-0.05, 0) is 25.3 Å². The molecule has 1 aromatic heterocycles. The fourth-order valence-corrected chi connectivity index (χ4v) is 3.58. The molecule has 0 bridgehead atoms. The summed E-state index contributed by atoms with van der Waals surface area (Å²) in [5, 5.41) is 7.63. The van der Waals surface area contributed by atoms with Crippen molar-refractivity contribution in [2.24, 2.45) is 0 Å². The SMILES string of the molecule is CC[C@@H]1COCCN1C(=O)N[C@@H]1CCCC[C@@H]1n1cccn1. The van der Waals surface area contributed by atoms with E-state index in [9.17, 15) is 4.79 Å². The predicted octanol–water partition coefficient (Wildman–Crippen LogP) is 2.19. The third-order valence-corrected chi connectivity index (χ3v) is 4.86. The first-order valence-corrected chi connectivity index (χ1v) is 8.43. The minimum Gasteiger partial charge on any atom is -0.377 e. The molecule has 1 aliphatic carbocycles. The van der Waals surface area contributed by atoms with Gasteiger partial charge in [0.2, 0.25) is 0 Å². The Kier molecular flexibility index (Phi) is 4.97. The maximum atomic E-state index is 12.7. The van der Waals surface area contributed by atoms with Crippen LogP contribution in [0.4, 0.5) is 4.79 Å². The molecular weight excluding hydrogens is 280 g/mol. The zero-order valence-corrected chi connectivity index (χ0v) is 13.3. The van der Waals surface area contributed by atoms with Crippen molar-refractivity contribution in [2.45, 2.75) is 57.2 Å².